The molecule has 0 aliphatic rings. The zero-order valence-electron chi connectivity index (χ0n) is 13.1. The maximum Gasteiger partial charge on any atom is 0.225 e. The molecule has 5 nitrogen and oxygen atoms in total. The number of anilines is 1. The van der Waals surface area contributed by atoms with Crippen LogP contribution in [0.1, 0.15) is 35.9 Å². The molecule has 0 bridgehead atoms. The summed E-state index contributed by atoms with van der Waals surface area (Å²) in [5.41, 5.74) is 4.40. The Balaban J connectivity index is 1.95. The van der Waals surface area contributed by atoms with Crippen molar-refractivity contribution >= 4 is 11.7 Å². The molecule has 0 fully saturated rings. The first-order valence-electron chi connectivity index (χ1n) is 7.26. The average molecular weight is 286 g/mol. The van der Waals surface area contributed by atoms with E-state index in [2.05, 4.69) is 29.2 Å². The monoisotopic (exact) mass is 286 g/mol. The summed E-state index contributed by atoms with van der Waals surface area (Å²) in [6.45, 7) is 8.94. The van der Waals surface area contributed by atoms with E-state index in [9.17, 15) is 4.79 Å². The van der Waals surface area contributed by atoms with Gasteiger partial charge >= 0.3 is 0 Å². The number of amides is 1. The topological polar surface area (TPSA) is 59.8 Å². The van der Waals surface area contributed by atoms with Crippen LogP contribution in [0.3, 0.4) is 0 Å². The SMILES string of the molecule is CCn1nc(C)c(CCC(=O)Nc2ccc(C)cn2)c1C. The van der Waals surface area contributed by atoms with Gasteiger partial charge in [0.1, 0.15) is 5.82 Å². The summed E-state index contributed by atoms with van der Waals surface area (Å²) in [7, 11) is 0. The molecule has 0 aromatic carbocycles. The van der Waals surface area contributed by atoms with E-state index in [-0.39, 0.29) is 5.91 Å². The summed E-state index contributed by atoms with van der Waals surface area (Å²) in [4.78, 5) is 16.2. The van der Waals surface area contributed by atoms with Gasteiger partial charge in [0, 0.05) is 24.9 Å². The van der Waals surface area contributed by atoms with Crippen LogP contribution in [-0.4, -0.2) is 20.7 Å². The number of aromatic nitrogens is 3. The van der Waals surface area contributed by atoms with E-state index in [0.29, 0.717) is 18.7 Å². The van der Waals surface area contributed by atoms with Gasteiger partial charge in [0.25, 0.3) is 0 Å². The number of carbonyl (C=O) groups is 1. The molecule has 0 aliphatic heterocycles. The van der Waals surface area contributed by atoms with E-state index in [4.69, 9.17) is 0 Å². The number of hydrogen-bond donors (Lipinski definition) is 1. The third-order valence-electron chi connectivity index (χ3n) is 3.61. The predicted molar refractivity (Wildman–Crippen MR) is 83.3 cm³/mol. The largest absolute Gasteiger partial charge is 0.311 e. The van der Waals surface area contributed by atoms with Crippen molar-refractivity contribution in [2.75, 3.05) is 5.32 Å². The molecule has 0 spiro atoms. The minimum absolute atomic E-state index is 0.0191. The Morgan fingerprint density at radius 1 is 1.29 bits per heavy atom. The van der Waals surface area contributed by atoms with Gasteiger partial charge in [-0.15, -0.1) is 0 Å². The van der Waals surface area contributed by atoms with Gasteiger partial charge in [-0.05, 0) is 51.3 Å². The molecule has 2 heterocycles. The first kappa shape index (κ1) is 15.2. The molecule has 1 amide bonds. The van der Waals surface area contributed by atoms with E-state index in [1.54, 1.807) is 6.20 Å². The lowest BCUT2D eigenvalue weighted by Gasteiger charge is -2.05. The molecular weight excluding hydrogens is 264 g/mol. The predicted octanol–water partition coefficient (Wildman–Crippen LogP) is 2.79. The normalized spacial score (nSPS) is 10.7. The first-order chi connectivity index (χ1) is 10.0. The lowest BCUT2D eigenvalue weighted by Crippen LogP contribution is -2.13. The van der Waals surface area contributed by atoms with Crippen molar-refractivity contribution in [1.82, 2.24) is 14.8 Å². The number of hydrogen-bond acceptors (Lipinski definition) is 3. The van der Waals surface area contributed by atoms with Crippen molar-refractivity contribution in [3.05, 3.63) is 40.8 Å². The highest BCUT2D eigenvalue weighted by Gasteiger charge is 2.12. The van der Waals surface area contributed by atoms with Gasteiger partial charge in [0.05, 0.1) is 5.69 Å². The highest BCUT2D eigenvalue weighted by atomic mass is 16.1. The third kappa shape index (κ3) is 3.68. The molecule has 2 rings (SSSR count). The van der Waals surface area contributed by atoms with Crippen molar-refractivity contribution < 1.29 is 4.79 Å². The van der Waals surface area contributed by atoms with Gasteiger partial charge < -0.3 is 5.32 Å². The van der Waals surface area contributed by atoms with Crippen LogP contribution in [0, 0.1) is 20.8 Å². The molecule has 1 N–H and O–H groups in total. The Morgan fingerprint density at radius 3 is 2.62 bits per heavy atom. The molecule has 0 saturated heterocycles. The van der Waals surface area contributed by atoms with Crippen LogP contribution in [-0.2, 0) is 17.8 Å². The maximum absolute atomic E-state index is 12.0. The molecular formula is C16H22N4O. The van der Waals surface area contributed by atoms with E-state index in [0.717, 1.165) is 23.5 Å². The third-order valence-corrected chi connectivity index (χ3v) is 3.61. The fourth-order valence-corrected chi connectivity index (χ4v) is 2.39. The van der Waals surface area contributed by atoms with Crippen LogP contribution >= 0.6 is 0 Å². The Bertz CT molecular complexity index is 628. The number of rotatable bonds is 5. The summed E-state index contributed by atoms with van der Waals surface area (Å²) in [5.74, 6) is 0.581. The Labute approximate surface area is 125 Å². The van der Waals surface area contributed by atoms with Crippen molar-refractivity contribution in [2.24, 2.45) is 0 Å². The molecule has 21 heavy (non-hydrogen) atoms. The Morgan fingerprint density at radius 2 is 2.05 bits per heavy atom. The van der Waals surface area contributed by atoms with Crippen molar-refractivity contribution in [2.45, 2.75) is 47.1 Å². The van der Waals surface area contributed by atoms with Gasteiger partial charge in [0.2, 0.25) is 5.91 Å². The maximum atomic E-state index is 12.0. The summed E-state index contributed by atoms with van der Waals surface area (Å²) in [6, 6.07) is 3.75. The summed E-state index contributed by atoms with van der Waals surface area (Å²) in [6.07, 6.45) is 2.89. The highest BCUT2D eigenvalue weighted by Crippen LogP contribution is 2.15. The zero-order chi connectivity index (χ0) is 15.4. The number of pyridine rings is 1. The summed E-state index contributed by atoms with van der Waals surface area (Å²) >= 11 is 0. The molecule has 2 aromatic rings. The van der Waals surface area contributed by atoms with Crippen LogP contribution < -0.4 is 5.32 Å². The van der Waals surface area contributed by atoms with E-state index in [1.165, 1.54) is 5.56 Å². The standard InChI is InChI=1S/C16H22N4O/c1-5-20-13(4)14(12(3)19-20)7-9-16(21)18-15-8-6-11(2)10-17-15/h6,8,10H,5,7,9H2,1-4H3,(H,17,18,21). The molecule has 0 radical (unpaired) electrons. The zero-order valence-corrected chi connectivity index (χ0v) is 13.1. The second-order valence-electron chi connectivity index (χ2n) is 5.23. The molecule has 0 unspecified atom stereocenters. The number of carbonyl (C=O) groups excluding carboxylic acids is 1. The number of nitrogens with one attached hydrogen (secondary N) is 1. The minimum atomic E-state index is -0.0191. The average Bonchev–Trinajstić information content (AvgIpc) is 2.74. The van der Waals surface area contributed by atoms with Crippen LogP contribution in [0.4, 0.5) is 5.82 Å². The van der Waals surface area contributed by atoms with Crippen molar-refractivity contribution in [3.8, 4) is 0 Å². The highest BCUT2D eigenvalue weighted by molar-refractivity contribution is 5.89. The first-order valence-corrected chi connectivity index (χ1v) is 7.26. The molecule has 2 aromatic heterocycles. The van der Waals surface area contributed by atoms with Crippen LogP contribution in [0.15, 0.2) is 18.3 Å². The quantitative estimate of drug-likeness (QED) is 0.919. The minimum Gasteiger partial charge on any atom is -0.311 e. The van der Waals surface area contributed by atoms with Gasteiger partial charge in [-0.1, -0.05) is 6.07 Å². The molecule has 112 valence electrons. The molecule has 0 atom stereocenters. The van der Waals surface area contributed by atoms with Gasteiger partial charge in [-0.25, -0.2) is 4.98 Å². The van der Waals surface area contributed by atoms with E-state index < -0.39 is 0 Å². The van der Waals surface area contributed by atoms with Crippen LogP contribution in [0.2, 0.25) is 0 Å². The number of aryl methyl sites for hydroxylation is 3. The smallest absolute Gasteiger partial charge is 0.225 e. The lowest BCUT2D eigenvalue weighted by atomic mass is 10.1. The second kappa shape index (κ2) is 6.52. The Kier molecular flexibility index (Phi) is 4.73. The van der Waals surface area contributed by atoms with Gasteiger partial charge in [-0.2, -0.15) is 5.10 Å². The molecule has 0 saturated carbocycles. The fourth-order valence-electron chi connectivity index (χ4n) is 2.39. The van der Waals surface area contributed by atoms with E-state index >= 15 is 0 Å². The summed E-state index contributed by atoms with van der Waals surface area (Å²) in [5, 5.41) is 7.29. The van der Waals surface area contributed by atoms with Gasteiger partial charge in [0.15, 0.2) is 0 Å². The van der Waals surface area contributed by atoms with Crippen LogP contribution in [0.25, 0.3) is 0 Å². The molecule has 0 aliphatic carbocycles. The van der Waals surface area contributed by atoms with Crippen LogP contribution in [0.5, 0.6) is 0 Å². The summed E-state index contributed by atoms with van der Waals surface area (Å²) < 4.78 is 1.98. The number of nitrogens with zero attached hydrogens (tertiary/aromatic N) is 3. The van der Waals surface area contributed by atoms with Crippen molar-refractivity contribution in [1.29, 1.82) is 0 Å². The second-order valence-corrected chi connectivity index (χ2v) is 5.23. The lowest BCUT2D eigenvalue weighted by molar-refractivity contribution is -0.116. The van der Waals surface area contributed by atoms with Crippen molar-refractivity contribution in [3.63, 3.8) is 0 Å². The van der Waals surface area contributed by atoms with Gasteiger partial charge in [-0.3, -0.25) is 9.48 Å². The molecule has 5 heteroatoms. The fraction of sp³-hybridized carbons (Fsp3) is 0.438. The van der Waals surface area contributed by atoms with E-state index in [1.807, 2.05) is 30.7 Å². The Hall–Kier alpha value is -2.17.